The van der Waals surface area contributed by atoms with E-state index in [1.807, 2.05) is 23.6 Å². The van der Waals surface area contributed by atoms with Crippen LogP contribution in [0.5, 0.6) is 5.75 Å². The lowest BCUT2D eigenvalue weighted by molar-refractivity contribution is 0.415. The molecule has 16 heavy (non-hydrogen) atoms. The van der Waals surface area contributed by atoms with E-state index in [0.717, 1.165) is 23.7 Å². The van der Waals surface area contributed by atoms with Crippen LogP contribution in [0.2, 0.25) is 0 Å². The van der Waals surface area contributed by atoms with Gasteiger partial charge in [-0.1, -0.05) is 0 Å². The maximum atomic E-state index is 5.95. The highest BCUT2D eigenvalue weighted by atomic mass is 16.5. The molecule has 2 rings (SSSR count). The number of hydrogen-bond acceptors (Lipinski definition) is 4. The standard InChI is InChI=1S/C11H14N4O/c1-3-15-7-13-14-11(15)9-5-4-8(16-2)6-10(9)12/h4-7H,3,12H2,1-2H3. The molecular weight excluding hydrogens is 204 g/mol. The van der Waals surface area contributed by atoms with Crippen molar-refractivity contribution < 1.29 is 4.74 Å². The highest BCUT2D eigenvalue weighted by Crippen LogP contribution is 2.27. The van der Waals surface area contributed by atoms with Crippen LogP contribution in [-0.4, -0.2) is 21.9 Å². The zero-order valence-corrected chi connectivity index (χ0v) is 9.34. The molecule has 0 saturated heterocycles. The molecule has 0 aliphatic carbocycles. The molecule has 2 N–H and O–H groups in total. The molecule has 0 spiro atoms. The van der Waals surface area contributed by atoms with Crippen LogP contribution >= 0.6 is 0 Å². The van der Waals surface area contributed by atoms with Gasteiger partial charge in [-0.2, -0.15) is 0 Å². The minimum atomic E-state index is 0.641. The molecule has 1 aromatic carbocycles. The van der Waals surface area contributed by atoms with Gasteiger partial charge in [0.05, 0.1) is 7.11 Å². The molecule has 2 aromatic rings. The minimum Gasteiger partial charge on any atom is -0.497 e. The number of aryl methyl sites for hydroxylation is 1. The van der Waals surface area contributed by atoms with Gasteiger partial charge in [-0.3, -0.25) is 0 Å². The van der Waals surface area contributed by atoms with Crippen molar-refractivity contribution in [3.05, 3.63) is 24.5 Å². The maximum Gasteiger partial charge on any atom is 0.165 e. The molecule has 0 aliphatic heterocycles. The Labute approximate surface area is 93.9 Å². The van der Waals surface area contributed by atoms with Crippen LogP contribution in [0.4, 0.5) is 5.69 Å². The summed E-state index contributed by atoms with van der Waals surface area (Å²) in [6, 6.07) is 5.54. The second-order valence-corrected chi connectivity index (χ2v) is 3.39. The van der Waals surface area contributed by atoms with E-state index in [2.05, 4.69) is 10.2 Å². The number of nitrogens with zero attached hydrogens (tertiary/aromatic N) is 3. The van der Waals surface area contributed by atoms with Gasteiger partial charge in [0.25, 0.3) is 0 Å². The van der Waals surface area contributed by atoms with Crippen LogP contribution < -0.4 is 10.5 Å². The summed E-state index contributed by atoms with van der Waals surface area (Å²) in [5.74, 6) is 1.52. The second-order valence-electron chi connectivity index (χ2n) is 3.39. The van der Waals surface area contributed by atoms with Crippen molar-refractivity contribution in [3.63, 3.8) is 0 Å². The lowest BCUT2D eigenvalue weighted by Gasteiger charge is -2.08. The number of methoxy groups -OCH3 is 1. The van der Waals surface area contributed by atoms with E-state index in [9.17, 15) is 0 Å². The van der Waals surface area contributed by atoms with Crippen molar-refractivity contribution in [2.24, 2.45) is 0 Å². The van der Waals surface area contributed by atoms with Crippen molar-refractivity contribution in [2.45, 2.75) is 13.5 Å². The Morgan fingerprint density at radius 2 is 2.25 bits per heavy atom. The first-order valence-electron chi connectivity index (χ1n) is 5.08. The minimum absolute atomic E-state index is 0.641. The van der Waals surface area contributed by atoms with Gasteiger partial charge in [-0.25, -0.2) is 0 Å². The summed E-state index contributed by atoms with van der Waals surface area (Å²) in [7, 11) is 1.61. The lowest BCUT2D eigenvalue weighted by Crippen LogP contribution is -1.99. The Hall–Kier alpha value is -2.04. The van der Waals surface area contributed by atoms with Crippen LogP contribution in [0, 0.1) is 0 Å². The highest BCUT2D eigenvalue weighted by Gasteiger charge is 2.10. The van der Waals surface area contributed by atoms with E-state index < -0.39 is 0 Å². The Morgan fingerprint density at radius 3 is 2.88 bits per heavy atom. The molecule has 0 atom stereocenters. The Balaban J connectivity index is 2.48. The van der Waals surface area contributed by atoms with Crippen LogP contribution in [0.3, 0.4) is 0 Å². The number of benzene rings is 1. The fraction of sp³-hybridized carbons (Fsp3) is 0.273. The van der Waals surface area contributed by atoms with Gasteiger partial charge in [0, 0.05) is 23.9 Å². The van der Waals surface area contributed by atoms with Crippen molar-refractivity contribution >= 4 is 5.69 Å². The Morgan fingerprint density at radius 1 is 1.44 bits per heavy atom. The first-order chi connectivity index (χ1) is 7.76. The molecule has 0 fully saturated rings. The van der Waals surface area contributed by atoms with E-state index >= 15 is 0 Å². The number of ether oxygens (including phenoxy) is 1. The van der Waals surface area contributed by atoms with E-state index in [1.54, 1.807) is 19.5 Å². The van der Waals surface area contributed by atoms with E-state index in [1.165, 1.54) is 0 Å². The van der Waals surface area contributed by atoms with Crippen molar-refractivity contribution in [2.75, 3.05) is 12.8 Å². The quantitative estimate of drug-likeness (QED) is 0.794. The molecule has 84 valence electrons. The second kappa shape index (κ2) is 4.22. The fourth-order valence-corrected chi connectivity index (χ4v) is 1.57. The summed E-state index contributed by atoms with van der Waals surface area (Å²) < 4.78 is 7.04. The van der Waals surface area contributed by atoms with Gasteiger partial charge in [0.15, 0.2) is 5.82 Å². The molecule has 0 unspecified atom stereocenters. The number of anilines is 1. The number of nitrogens with two attached hydrogens (primary N) is 1. The molecule has 1 aromatic heterocycles. The normalized spacial score (nSPS) is 10.4. The smallest absolute Gasteiger partial charge is 0.165 e. The summed E-state index contributed by atoms with van der Waals surface area (Å²) in [6.45, 7) is 2.85. The summed E-state index contributed by atoms with van der Waals surface area (Å²) in [4.78, 5) is 0. The summed E-state index contributed by atoms with van der Waals surface area (Å²) in [5.41, 5.74) is 7.47. The average molecular weight is 218 g/mol. The van der Waals surface area contributed by atoms with Crippen LogP contribution in [-0.2, 0) is 6.54 Å². The summed E-state index contributed by atoms with van der Waals surface area (Å²) in [6.07, 6.45) is 1.69. The van der Waals surface area contributed by atoms with Gasteiger partial charge in [0.1, 0.15) is 12.1 Å². The Bertz CT molecular complexity index is 492. The Kier molecular flexibility index (Phi) is 2.76. The van der Waals surface area contributed by atoms with Gasteiger partial charge in [-0.05, 0) is 19.1 Å². The third-order valence-corrected chi connectivity index (χ3v) is 2.46. The monoisotopic (exact) mass is 218 g/mol. The summed E-state index contributed by atoms with van der Waals surface area (Å²) >= 11 is 0. The SMILES string of the molecule is CCn1cnnc1-c1ccc(OC)cc1N. The maximum absolute atomic E-state index is 5.95. The number of hydrogen-bond donors (Lipinski definition) is 1. The lowest BCUT2D eigenvalue weighted by atomic mass is 10.1. The van der Waals surface area contributed by atoms with Crippen molar-refractivity contribution in [1.82, 2.24) is 14.8 Å². The fourth-order valence-electron chi connectivity index (χ4n) is 1.57. The van der Waals surface area contributed by atoms with Crippen molar-refractivity contribution in [3.8, 4) is 17.1 Å². The van der Waals surface area contributed by atoms with Crippen LogP contribution in [0.1, 0.15) is 6.92 Å². The number of nitrogen functional groups attached to an aromatic ring is 1. The van der Waals surface area contributed by atoms with Gasteiger partial charge in [0.2, 0.25) is 0 Å². The third kappa shape index (κ3) is 1.71. The van der Waals surface area contributed by atoms with Crippen LogP contribution in [0.15, 0.2) is 24.5 Å². The van der Waals surface area contributed by atoms with Crippen LogP contribution in [0.25, 0.3) is 11.4 Å². The molecular formula is C11H14N4O. The van der Waals surface area contributed by atoms with Gasteiger partial charge < -0.3 is 15.0 Å². The van der Waals surface area contributed by atoms with Gasteiger partial charge >= 0.3 is 0 Å². The zero-order valence-electron chi connectivity index (χ0n) is 9.34. The van der Waals surface area contributed by atoms with E-state index in [-0.39, 0.29) is 0 Å². The average Bonchev–Trinajstić information content (AvgIpc) is 2.76. The van der Waals surface area contributed by atoms with Crippen molar-refractivity contribution in [1.29, 1.82) is 0 Å². The number of aromatic nitrogens is 3. The van der Waals surface area contributed by atoms with Gasteiger partial charge in [-0.15, -0.1) is 10.2 Å². The largest absolute Gasteiger partial charge is 0.497 e. The molecule has 0 saturated carbocycles. The molecule has 0 bridgehead atoms. The molecule has 0 radical (unpaired) electrons. The molecule has 0 amide bonds. The zero-order chi connectivity index (χ0) is 11.5. The van der Waals surface area contributed by atoms with E-state index in [4.69, 9.17) is 10.5 Å². The highest BCUT2D eigenvalue weighted by molar-refractivity contribution is 5.73. The predicted octanol–water partition coefficient (Wildman–Crippen LogP) is 1.56. The topological polar surface area (TPSA) is 66.0 Å². The predicted molar refractivity (Wildman–Crippen MR) is 62.1 cm³/mol. The first kappa shape index (κ1) is 10.5. The molecule has 5 heteroatoms. The molecule has 0 aliphatic rings. The van der Waals surface area contributed by atoms with E-state index in [0.29, 0.717) is 5.69 Å². The molecule has 5 nitrogen and oxygen atoms in total. The third-order valence-electron chi connectivity index (χ3n) is 2.46. The first-order valence-corrected chi connectivity index (χ1v) is 5.08. The number of rotatable bonds is 3. The summed E-state index contributed by atoms with van der Waals surface area (Å²) in [5, 5.41) is 7.94. The molecule has 1 heterocycles.